The van der Waals surface area contributed by atoms with Crippen LogP contribution in [0.4, 0.5) is 0 Å². The van der Waals surface area contributed by atoms with Gasteiger partial charge in [0, 0.05) is 9.79 Å². The average Bonchev–Trinajstić information content (AvgIpc) is 0.790. The number of nitrogens with one attached hydrogen (secondary N) is 1. The molecule has 0 aliphatic heterocycles. The number of esters is 2. The maximum Gasteiger partial charge on any atom is 0.310 e. The Morgan fingerprint density at radius 1 is 0.298 bits per heavy atom. The highest BCUT2D eigenvalue weighted by atomic mass is 32.2. The summed E-state index contributed by atoms with van der Waals surface area (Å²) in [6.45, 7) is 0.434. The lowest BCUT2D eigenvalue weighted by atomic mass is 10.1. The van der Waals surface area contributed by atoms with Gasteiger partial charge in [-0.2, -0.15) is 0 Å². The largest absolute Gasteiger partial charge is 0.497 e. The molecule has 1 amide bonds. The van der Waals surface area contributed by atoms with Gasteiger partial charge in [0.15, 0.2) is 0 Å². The standard InChI is InChI=1S/C28H24O5S.C28H24O3S.C22H21NO6S2.C21H18O5S/c1-32-25-15-11-22(12-16-25)23-13-17-26(18-14-23)34(30,31)27-10-6-5-9-24(27)19-28(29)33-20-21-7-3-2-4-8-21;1-30-25-15-11-22(12-16-25)23-13-17-26(18-14-23)32-27-10-6-5-9-24(27)19-28(29)31-20-21-7-3-2-4-8-21;1-29-19-11-7-16(8-12-19)17-9-13-20(14-10-17)31(27,28)21-6-4-3-5-18(21)15-22(24)23-30(2,25)26;1-26-18-10-6-15(7-11-18)16-8-12-19(13-9-16)27(24,25)20-5-3-2-4-17(20)14-21(22)23/h2-18H,19-20H2,1H3;2-18H,19-20H2,1H3;3-14H,15H2,1-2H3,(H,23,24);2-13H,14H2,1H3,(H,22,23). The zero-order chi connectivity index (χ0) is 88.2. The van der Waals surface area contributed by atoms with Crippen molar-refractivity contribution in [2.24, 2.45) is 0 Å². The molecule has 14 aromatic carbocycles. The first kappa shape index (κ1) is 91.1. The van der Waals surface area contributed by atoms with Crippen molar-refractivity contribution in [2.75, 3.05) is 34.7 Å². The van der Waals surface area contributed by atoms with Gasteiger partial charge < -0.3 is 33.5 Å². The van der Waals surface area contributed by atoms with E-state index in [0.717, 1.165) is 100 Å². The lowest BCUT2D eigenvalue weighted by Crippen LogP contribution is -2.31. The minimum atomic E-state index is -3.92. The Morgan fingerprint density at radius 2 is 0.556 bits per heavy atom. The molecule has 0 fully saturated rings. The molecular formula is C99H87NO19S5. The minimum absolute atomic E-state index is 0.0181. The summed E-state index contributed by atoms with van der Waals surface area (Å²) in [5.74, 6) is 0.472. The van der Waals surface area contributed by atoms with E-state index in [4.69, 9.17) is 33.5 Å². The number of carbonyl (C=O) groups is 4. The van der Waals surface area contributed by atoms with Crippen molar-refractivity contribution in [1.29, 1.82) is 0 Å². The molecule has 14 rings (SSSR count). The van der Waals surface area contributed by atoms with Crippen LogP contribution in [-0.2, 0) is 107 Å². The van der Waals surface area contributed by atoms with E-state index in [1.54, 1.807) is 131 Å². The van der Waals surface area contributed by atoms with Crippen LogP contribution in [-0.4, -0.2) is 97.3 Å². The quantitative estimate of drug-likeness (QED) is 0.0412. The van der Waals surface area contributed by atoms with Gasteiger partial charge in [-0.15, -0.1) is 0 Å². The second-order valence-electron chi connectivity index (χ2n) is 27.7. The van der Waals surface area contributed by atoms with Crippen LogP contribution < -0.4 is 23.7 Å². The molecule has 0 radical (unpaired) electrons. The van der Waals surface area contributed by atoms with Crippen LogP contribution in [0.5, 0.6) is 23.0 Å². The van der Waals surface area contributed by atoms with Gasteiger partial charge in [0.2, 0.25) is 45.4 Å². The van der Waals surface area contributed by atoms with Crippen molar-refractivity contribution in [1.82, 2.24) is 4.72 Å². The summed E-state index contributed by atoms with van der Waals surface area (Å²) in [6, 6.07) is 104. The predicted octanol–water partition coefficient (Wildman–Crippen LogP) is 18.9. The SMILES string of the molecule is COc1ccc(-c2ccc(S(=O)(=O)c3ccccc3CC(=O)NS(C)(=O)=O)cc2)cc1.COc1ccc(-c2ccc(S(=O)(=O)c3ccccc3CC(=O)O)cc2)cc1.COc1ccc(-c2ccc(S(=O)(=O)c3ccccc3CC(=O)OCc3ccccc3)cc2)cc1.COc1ccc(-c2ccc(Sc3ccccc3CC(=O)OCc3ccccc3)cc2)cc1. The zero-order valence-corrected chi connectivity index (χ0v) is 72.1. The molecule has 0 atom stereocenters. The summed E-state index contributed by atoms with van der Waals surface area (Å²) in [5.41, 5.74) is 11.4. The summed E-state index contributed by atoms with van der Waals surface area (Å²) in [5, 5.41) is 9.02. The first-order valence-electron chi connectivity index (χ1n) is 38.5. The fourth-order valence-electron chi connectivity index (χ4n) is 12.8. The number of rotatable bonds is 29. The maximum atomic E-state index is 13.4. The van der Waals surface area contributed by atoms with Gasteiger partial charge in [0.25, 0.3) is 0 Å². The molecule has 20 nitrogen and oxygen atoms in total. The molecule has 0 aliphatic rings. The number of ether oxygens (including phenoxy) is 6. The highest BCUT2D eigenvalue weighted by molar-refractivity contribution is 7.99. The van der Waals surface area contributed by atoms with E-state index in [9.17, 15) is 52.8 Å². The van der Waals surface area contributed by atoms with Crippen LogP contribution in [0.15, 0.2) is 391 Å². The molecule has 0 heterocycles. The van der Waals surface area contributed by atoms with Gasteiger partial charge in [0.05, 0.1) is 89.8 Å². The molecule has 0 bridgehead atoms. The third-order valence-electron chi connectivity index (χ3n) is 19.2. The molecule has 0 saturated heterocycles. The normalized spacial score (nSPS) is 11.1. The highest BCUT2D eigenvalue weighted by Gasteiger charge is 2.27. The number of carbonyl (C=O) groups excluding carboxylic acids is 3. The van der Waals surface area contributed by atoms with E-state index < -0.39 is 57.4 Å². The fraction of sp³-hybridized carbons (Fsp3) is 0.111. The first-order chi connectivity index (χ1) is 59.7. The van der Waals surface area contributed by atoms with Crippen molar-refractivity contribution in [2.45, 2.75) is 78.1 Å². The van der Waals surface area contributed by atoms with Crippen molar-refractivity contribution >= 4 is 75.1 Å². The van der Waals surface area contributed by atoms with Gasteiger partial charge in [-0.3, -0.25) is 23.9 Å². The van der Waals surface area contributed by atoms with Gasteiger partial charge in [-0.25, -0.2) is 33.7 Å². The molecule has 25 heteroatoms. The van der Waals surface area contributed by atoms with Gasteiger partial charge in [-0.05, 0) is 199 Å². The second kappa shape index (κ2) is 43.2. The van der Waals surface area contributed by atoms with Gasteiger partial charge >= 0.3 is 17.9 Å². The molecule has 632 valence electrons. The van der Waals surface area contributed by atoms with E-state index in [1.165, 1.54) is 54.6 Å². The van der Waals surface area contributed by atoms with Crippen LogP contribution in [0.1, 0.15) is 33.4 Å². The smallest absolute Gasteiger partial charge is 0.310 e. The minimum Gasteiger partial charge on any atom is -0.497 e. The lowest BCUT2D eigenvalue weighted by molar-refractivity contribution is -0.145. The molecule has 0 unspecified atom stereocenters. The van der Waals surface area contributed by atoms with E-state index in [2.05, 4.69) is 36.4 Å². The summed E-state index contributed by atoms with van der Waals surface area (Å²) in [4.78, 5) is 50.4. The Labute approximate surface area is 726 Å². The molecule has 124 heavy (non-hydrogen) atoms. The second-order valence-corrected chi connectivity index (χ2v) is 36.4. The number of aliphatic carboxylic acids is 1. The molecule has 14 aromatic rings. The molecule has 0 aromatic heterocycles. The van der Waals surface area contributed by atoms with Crippen molar-refractivity contribution in [3.05, 3.63) is 385 Å². The highest BCUT2D eigenvalue weighted by Crippen LogP contribution is 2.36. The fourth-order valence-corrected chi connectivity index (χ4v) is 18.7. The molecule has 0 aliphatic carbocycles. The van der Waals surface area contributed by atoms with Crippen molar-refractivity contribution in [3.63, 3.8) is 0 Å². The maximum absolute atomic E-state index is 13.4. The number of hydrogen-bond acceptors (Lipinski definition) is 19. The lowest BCUT2D eigenvalue weighted by Gasteiger charge is -2.12. The first-order valence-corrected chi connectivity index (χ1v) is 45.7. The predicted molar refractivity (Wildman–Crippen MR) is 478 cm³/mol. The molecule has 2 N–H and O–H groups in total. The monoisotopic (exact) mass is 1750 g/mol. The van der Waals surface area contributed by atoms with Gasteiger partial charge in [-0.1, -0.05) is 242 Å². The number of benzene rings is 14. The van der Waals surface area contributed by atoms with E-state index in [1.807, 2.05) is 175 Å². The average molecular weight is 1760 g/mol. The number of carboxylic acids is 1. The number of sulfonamides is 1. The van der Waals surface area contributed by atoms with Crippen LogP contribution in [0.2, 0.25) is 0 Å². The van der Waals surface area contributed by atoms with Crippen molar-refractivity contribution < 1.29 is 86.4 Å². The summed E-state index contributed by atoms with van der Waals surface area (Å²) >= 11 is 1.65. The molecule has 0 saturated carbocycles. The van der Waals surface area contributed by atoms with E-state index in [0.29, 0.717) is 12.2 Å². The number of amides is 1. The summed E-state index contributed by atoms with van der Waals surface area (Å²) < 4.78 is 135. The topological polar surface area (TPSA) is 292 Å². The van der Waals surface area contributed by atoms with Crippen LogP contribution in [0.3, 0.4) is 0 Å². The Kier molecular flexibility index (Phi) is 31.7. The number of methoxy groups -OCH3 is 4. The van der Waals surface area contributed by atoms with Crippen LogP contribution in [0.25, 0.3) is 44.5 Å². The van der Waals surface area contributed by atoms with E-state index in [-0.39, 0.29) is 78.8 Å². The Balaban J connectivity index is 0.000000161. The van der Waals surface area contributed by atoms with Crippen LogP contribution in [0, 0.1) is 0 Å². The summed E-state index contributed by atoms with van der Waals surface area (Å²) in [7, 11) is -8.83. The molecular weight excluding hydrogens is 1670 g/mol. The Hall–Kier alpha value is -13.7. The Morgan fingerprint density at radius 3 is 0.863 bits per heavy atom. The third kappa shape index (κ3) is 25.5. The van der Waals surface area contributed by atoms with Crippen molar-refractivity contribution in [3.8, 4) is 67.5 Å². The molecule has 0 spiro atoms. The van der Waals surface area contributed by atoms with E-state index >= 15 is 0 Å². The van der Waals surface area contributed by atoms with Crippen LogP contribution >= 0.6 is 11.8 Å². The van der Waals surface area contributed by atoms with Gasteiger partial charge in [0.1, 0.15) is 36.2 Å². The number of hydrogen-bond donors (Lipinski definition) is 2. The zero-order valence-electron chi connectivity index (χ0n) is 68.1. The Bertz CT molecular complexity index is 6450. The summed E-state index contributed by atoms with van der Waals surface area (Å²) in [6.07, 6.45) is 0.246. The third-order valence-corrected chi connectivity index (χ3v) is 26.5. The number of sulfone groups is 3. The number of carboxylic acid groups (broad SMARTS) is 1.